The number of hydrogen-bond acceptors (Lipinski definition) is 5. The number of ether oxygens (including phenoxy) is 1. The molecule has 1 aliphatic carbocycles. The van der Waals surface area contributed by atoms with E-state index in [1.54, 1.807) is 0 Å². The molecular weight excluding hydrogens is 332 g/mol. The van der Waals surface area contributed by atoms with Gasteiger partial charge in [0.15, 0.2) is 0 Å². The summed E-state index contributed by atoms with van der Waals surface area (Å²) in [6.07, 6.45) is 3.09. The molecule has 1 saturated carbocycles. The number of nitrogens with zero attached hydrogens (tertiary/aromatic N) is 2. The molecule has 2 aromatic rings. The number of nitrogens with one attached hydrogen (secondary N) is 2. The van der Waals surface area contributed by atoms with Crippen molar-refractivity contribution in [1.82, 2.24) is 20.2 Å². The number of aromatic nitrogens is 2. The second-order valence-corrected chi connectivity index (χ2v) is 6.94. The maximum Gasteiger partial charge on any atom is 0.250 e. The van der Waals surface area contributed by atoms with Crippen LogP contribution in [0.3, 0.4) is 0 Å². The number of H-pyrrole nitrogens is 1. The Balaban J connectivity index is 1.27. The molecule has 1 aromatic heterocycles. The lowest BCUT2D eigenvalue weighted by atomic mass is 9.78. The highest BCUT2D eigenvalue weighted by Crippen LogP contribution is 2.35. The molecule has 4 rings (SSSR count). The van der Waals surface area contributed by atoms with E-state index >= 15 is 0 Å². The molecule has 26 heavy (non-hydrogen) atoms. The van der Waals surface area contributed by atoms with Crippen molar-refractivity contribution < 1.29 is 9.53 Å². The van der Waals surface area contributed by atoms with Gasteiger partial charge in [-0.3, -0.25) is 14.5 Å². The Morgan fingerprint density at radius 2 is 2.19 bits per heavy atom. The van der Waals surface area contributed by atoms with Gasteiger partial charge in [-0.1, -0.05) is 18.2 Å². The number of benzene rings is 1. The molecule has 1 aliphatic heterocycles. The summed E-state index contributed by atoms with van der Waals surface area (Å²) in [5, 5.41) is 3.09. The number of para-hydroxylation sites is 1. The van der Waals surface area contributed by atoms with Gasteiger partial charge in [-0.15, -0.1) is 0 Å². The van der Waals surface area contributed by atoms with E-state index in [9.17, 15) is 9.59 Å². The molecule has 1 fully saturated rings. The molecule has 2 aliphatic rings. The number of fused-ring (bicyclic) bond motifs is 1. The third-order valence-corrected chi connectivity index (χ3v) is 5.02. The summed E-state index contributed by atoms with van der Waals surface area (Å²) >= 11 is 0. The fourth-order valence-corrected chi connectivity index (χ4v) is 3.58. The Bertz CT molecular complexity index is 844. The smallest absolute Gasteiger partial charge is 0.250 e. The Labute approximate surface area is 151 Å². The standard InChI is InChI=1S/C19H22N4O3/c24-18-9-16(20-12-21-18)14-7-15(8-14)22-19(25)11-23-5-6-26-17-4-2-1-3-13(17)10-23/h1-4,9,12,14-15H,5-8,10-11H2,(H,22,25)(H,20,21,24). The van der Waals surface area contributed by atoms with E-state index < -0.39 is 0 Å². The molecule has 2 heterocycles. The van der Waals surface area contributed by atoms with Crippen LogP contribution in [0, 0.1) is 0 Å². The molecule has 0 atom stereocenters. The van der Waals surface area contributed by atoms with Gasteiger partial charge in [-0.2, -0.15) is 0 Å². The SMILES string of the molecule is O=C(CN1CCOc2ccccc2C1)NC1CC(c2cc(=O)[nH]cn2)C1. The molecule has 0 spiro atoms. The zero-order valence-electron chi connectivity index (χ0n) is 14.5. The van der Waals surface area contributed by atoms with Crippen molar-refractivity contribution >= 4 is 5.91 Å². The minimum Gasteiger partial charge on any atom is -0.492 e. The van der Waals surface area contributed by atoms with Crippen molar-refractivity contribution in [1.29, 1.82) is 0 Å². The second-order valence-electron chi connectivity index (χ2n) is 6.94. The number of carbonyl (C=O) groups excluding carboxylic acids is 1. The van der Waals surface area contributed by atoms with E-state index in [4.69, 9.17) is 4.74 Å². The Morgan fingerprint density at radius 3 is 3.04 bits per heavy atom. The zero-order chi connectivity index (χ0) is 17.9. The van der Waals surface area contributed by atoms with Gasteiger partial charge in [0.25, 0.3) is 5.56 Å². The fourth-order valence-electron chi connectivity index (χ4n) is 3.58. The van der Waals surface area contributed by atoms with Crippen LogP contribution in [0.5, 0.6) is 5.75 Å². The molecule has 0 saturated heterocycles. The largest absolute Gasteiger partial charge is 0.492 e. The second kappa shape index (κ2) is 7.29. The molecule has 7 heteroatoms. The fraction of sp³-hybridized carbons (Fsp3) is 0.421. The lowest BCUT2D eigenvalue weighted by Gasteiger charge is -2.35. The molecule has 0 unspecified atom stereocenters. The third-order valence-electron chi connectivity index (χ3n) is 5.02. The monoisotopic (exact) mass is 354 g/mol. The predicted molar refractivity (Wildman–Crippen MR) is 96.0 cm³/mol. The minimum atomic E-state index is -0.133. The van der Waals surface area contributed by atoms with Crippen LogP contribution >= 0.6 is 0 Å². The summed E-state index contributed by atoms with van der Waals surface area (Å²) in [4.78, 5) is 32.6. The van der Waals surface area contributed by atoms with E-state index in [0.29, 0.717) is 19.7 Å². The number of amides is 1. The normalized spacial score (nSPS) is 22.5. The highest BCUT2D eigenvalue weighted by atomic mass is 16.5. The van der Waals surface area contributed by atoms with Crippen molar-refractivity contribution in [2.75, 3.05) is 19.7 Å². The van der Waals surface area contributed by atoms with Crippen molar-refractivity contribution in [3.8, 4) is 5.75 Å². The molecular formula is C19H22N4O3. The van der Waals surface area contributed by atoms with Crippen LogP contribution in [0.25, 0.3) is 0 Å². The average Bonchev–Trinajstić information content (AvgIpc) is 2.79. The lowest BCUT2D eigenvalue weighted by molar-refractivity contribution is -0.123. The van der Waals surface area contributed by atoms with Gasteiger partial charge in [0, 0.05) is 36.7 Å². The van der Waals surface area contributed by atoms with Gasteiger partial charge >= 0.3 is 0 Å². The summed E-state index contributed by atoms with van der Waals surface area (Å²) in [5.74, 6) is 1.19. The Morgan fingerprint density at radius 1 is 1.35 bits per heavy atom. The number of carbonyl (C=O) groups is 1. The molecule has 7 nitrogen and oxygen atoms in total. The first-order chi connectivity index (χ1) is 12.7. The lowest BCUT2D eigenvalue weighted by Crippen LogP contribution is -2.47. The first-order valence-corrected chi connectivity index (χ1v) is 8.94. The van der Waals surface area contributed by atoms with Crippen molar-refractivity contribution in [3.63, 3.8) is 0 Å². The van der Waals surface area contributed by atoms with Crippen LogP contribution < -0.4 is 15.6 Å². The maximum absolute atomic E-state index is 12.4. The van der Waals surface area contributed by atoms with Crippen LogP contribution in [0.4, 0.5) is 0 Å². The van der Waals surface area contributed by atoms with E-state index in [-0.39, 0.29) is 23.4 Å². The summed E-state index contributed by atoms with van der Waals surface area (Å²) < 4.78 is 5.74. The maximum atomic E-state index is 12.4. The topological polar surface area (TPSA) is 87.3 Å². The predicted octanol–water partition coefficient (Wildman–Crippen LogP) is 1.03. The van der Waals surface area contributed by atoms with Gasteiger partial charge in [-0.05, 0) is 18.9 Å². The van der Waals surface area contributed by atoms with Crippen LogP contribution in [0.1, 0.15) is 30.0 Å². The van der Waals surface area contributed by atoms with Crippen molar-refractivity contribution in [2.24, 2.45) is 0 Å². The third kappa shape index (κ3) is 3.77. The van der Waals surface area contributed by atoms with Gasteiger partial charge < -0.3 is 15.0 Å². The molecule has 2 N–H and O–H groups in total. The van der Waals surface area contributed by atoms with Crippen LogP contribution in [-0.4, -0.2) is 46.5 Å². The highest BCUT2D eigenvalue weighted by molar-refractivity contribution is 5.78. The van der Waals surface area contributed by atoms with Gasteiger partial charge in [-0.25, -0.2) is 4.98 Å². The Hall–Kier alpha value is -2.67. The molecule has 136 valence electrons. The van der Waals surface area contributed by atoms with Gasteiger partial charge in [0.1, 0.15) is 12.4 Å². The van der Waals surface area contributed by atoms with E-state index in [1.807, 2.05) is 24.3 Å². The Kier molecular flexibility index (Phi) is 4.71. The van der Waals surface area contributed by atoms with Crippen molar-refractivity contribution in [3.05, 3.63) is 58.3 Å². The van der Waals surface area contributed by atoms with Gasteiger partial charge in [0.2, 0.25) is 5.91 Å². The minimum absolute atomic E-state index is 0.0340. The molecule has 1 amide bonds. The highest BCUT2D eigenvalue weighted by Gasteiger charge is 2.32. The molecule has 0 bridgehead atoms. The number of hydrogen-bond donors (Lipinski definition) is 2. The summed E-state index contributed by atoms with van der Waals surface area (Å²) in [6, 6.07) is 9.65. The summed E-state index contributed by atoms with van der Waals surface area (Å²) in [5.41, 5.74) is 1.79. The summed E-state index contributed by atoms with van der Waals surface area (Å²) in [7, 11) is 0. The van der Waals surface area contributed by atoms with E-state index in [0.717, 1.165) is 36.4 Å². The first-order valence-electron chi connectivity index (χ1n) is 8.94. The number of rotatable bonds is 4. The summed E-state index contributed by atoms with van der Waals surface area (Å²) in [6.45, 7) is 2.39. The first kappa shape index (κ1) is 16.8. The number of aromatic amines is 1. The van der Waals surface area contributed by atoms with Crippen LogP contribution in [0.15, 0.2) is 41.5 Å². The van der Waals surface area contributed by atoms with Crippen LogP contribution in [-0.2, 0) is 11.3 Å². The van der Waals surface area contributed by atoms with Gasteiger partial charge in [0.05, 0.1) is 18.6 Å². The van der Waals surface area contributed by atoms with Crippen molar-refractivity contribution in [2.45, 2.75) is 31.3 Å². The zero-order valence-corrected chi connectivity index (χ0v) is 14.5. The quantitative estimate of drug-likeness (QED) is 0.856. The van der Waals surface area contributed by atoms with E-state index in [1.165, 1.54) is 12.4 Å². The molecule has 1 aromatic carbocycles. The van der Waals surface area contributed by atoms with E-state index in [2.05, 4.69) is 20.2 Å². The van der Waals surface area contributed by atoms with Crippen LogP contribution in [0.2, 0.25) is 0 Å². The molecule has 0 radical (unpaired) electrons. The average molecular weight is 354 g/mol.